The largest absolute Gasteiger partial charge is 0.341 e. The second-order valence-corrected chi connectivity index (χ2v) is 6.20. The van der Waals surface area contributed by atoms with E-state index < -0.39 is 0 Å². The molecule has 0 aliphatic heterocycles. The third-order valence-electron chi connectivity index (χ3n) is 2.35. The summed E-state index contributed by atoms with van der Waals surface area (Å²) in [4.78, 5) is 13.7. The highest BCUT2D eigenvalue weighted by atomic mass is 79.9. The third kappa shape index (κ3) is 5.38. The monoisotopic (exact) mass is 340 g/mol. The molecule has 17 heavy (non-hydrogen) atoms. The lowest BCUT2D eigenvalue weighted by Gasteiger charge is -2.20. The summed E-state index contributed by atoms with van der Waals surface area (Å²) in [7, 11) is 3.71. The van der Waals surface area contributed by atoms with Crippen LogP contribution in [-0.4, -0.2) is 31.4 Å². The van der Waals surface area contributed by atoms with Crippen LogP contribution in [0.3, 0.4) is 0 Å². The third-order valence-corrected chi connectivity index (χ3v) is 3.90. The van der Waals surface area contributed by atoms with Gasteiger partial charge in [-0.15, -0.1) is 23.7 Å². The molecule has 1 aromatic heterocycles. The maximum atomic E-state index is 11.9. The number of hydrogen-bond donors (Lipinski definition) is 1. The van der Waals surface area contributed by atoms with Crippen LogP contribution in [0.2, 0.25) is 0 Å². The molecule has 0 spiro atoms. The zero-order chi connectivity index (χ0) is 12.1. The number of thiophene rings is 1. The molecule has 0 fully saturated rings. The van der Waals surface area contributed by atoms with E-state index in [1.807, 2.05) is 21.0 Å². The van der Waals surface area contributed by atoms with Crippen LogP contribution < -0.4 is 5.32 Å². The molecule has 1 aromatic rings. The van der Waals surface area contributed by atoms with Gasteiger partial charge in [-0.1, -0.05) is 6.92 Å². The normalized spacial score (nSPS) is 11.8. The van der Waals surface area contributed by atoms with Gasteiger partial charge in [0.1, 0.15) is 0 Å². The van der Waals surface area contributed by atoms with E-state index in [9.17, 15) is 4.79 Å². The molecule has 0 radical (unpaired) electrons. The topological polar surface area (TPSA) is 32.3 Å². The first-order chi connectivity index (χ1) is 7.54. The Morgan fingerprint density at radius 3 is 2.76 bits per heavy atom. The summed E-state index contributed by atoms with van der Waals surface area (Å²) in [5.41, 5.74) is 1.17. The molecule has 0 aliphatic carbocycles. The lowest BCUT2D eigenvalue weighted by atomic mass is 10.1. The van der Waals surface area contributed by atoms with Crippen molar-refractivity contribution in [3.63, 3.8) is 0 Å². The minimum Gasteiger partial charge on any atom is -0.341 e. The Morgan fingerprint density at radius 1 is 1.65 bits per heavy atom. The summed E-state index contributed by atoms with van der Waals surface area (Å²) in [5.74, 6) is 0.203. The summed E-state index contributed by atoms with van der Waals surface area (Å²) in [6.07, 6.45) is 0. The Morgan fingerprint density at radius 2 is 2.29 bits per heavy atom. The first-order valence-corrected chi connectivity index (χ1v) is 6.84. The van der Waals surface area contributed by atoms with Crippen molar-refractivity contribution >= 4 is 45.6 Å². The highest BCUT2D eigenvalue weighted by molar-refractivity contribution is 9.11. The predicted octanol–water partition coefficient (Wildman–Crippen LogP) is 2.75. The fourth-order valence-electron chi connectivity index (χ4n) is 1.55. The summed E-state index contributed by atoms with van der Waals surface area (Å²) in [5, 5.41) is 5.08. The molecule has 0 aliphatic rings. The van der Waals surface area contributed by atoms with Gasteiger partial charge in [0.2, 0.25) is 5.91 Å². The van der Waals surface area contributed by atoms with Crippen LogP contribution in [0.15, 0.2) is 15.2 Å². The van der Waals surface area contributed by atoms with Crippen LogP contribution in [0.5, 0.6) is 0 Å². The quantitative estimate of drug-likeness (QED) is 0.893. The number of rotatable bonds is 5. The van der Waals surface area contributed by atoms with Crippen LogP contribution in [-0.2, 0) is 11.3 Å². The van der Waals surface area contributed by atoms with Crippen LogP contribution in [0.25, 0.3) is 0 Å². The number of hydrogen-bond acceptors (Lipinski definition) is 3. The van der Waals surface area contributed by atoms with Crippen molar-refractivity contribution in [1.29, 1.82) is 0 Å². The van der Waals surface area contributed by atoms with Crippen LogP contribution in [0, 0.1) is 5.92 Å². The van der Waals surface area contributed by atoms with Crippen molar-refractivity contribution < 1.29 is 4.79 Å². The second-order valence-electron chi connectivity index (χ2n) is 3.91. The lowest BCUT2D eigenvalue weighted by molar-refractivity contribution is -0.134. The van der Waals surface area contributed by atoms with Gasteiger partial charge in [-0.2, -0.15) is 0 Å². The average molecular weight is 342 g/mol. The first-order valence-electron chi connectivity index (χ1n) is 5.17. The first kappa shape index (κ1) is 16.9. The molecule has 0 saturated heterocycles. The Labute approximate surface area is 121 Å². The molecular weight excluding hydrogens is 324 g/mol. The number of nitrogens with zero attached hydrogens (tertiary/aromatic N) is 1. The standard InChI is InChI=1S/C11H17BrN2OS.ClH/c1-8(5-13-2)11(15)14(3)6-9-4-10(12)16-7-9;/h4,7-8,13H,5-6H2,1-3H3;1H. The van der Waals surface area contributed by atoms with Crippen LogP contribution >= 0.6 is 39.7 Å². The van der Waals surface area contributed by atoms with Gasteiger partial charge >= 0.3 is 0 Å². The minimum atomic E-state index is 0. The lowest BCUT2D eigenvalue weighted by Crippen LogP contribution is -2.35. The highest BCUT2D eigenvalue weighted by Gasteiger charge is 2.16. The van der Waals surface area contributed by atoms with E-state index >= 15 is 0 Å². The molecular formula is C11H18BrClN2OS. The van der Waals surface area contributed by atoms with Gasteiger partial charge in [0, 0.05) is 26.1 Å². The summed E-state index contributed by atoms with van der Waals surface area (Å²) >= 11 is 5.06. The van der Waals surface area contributed by atoms with Gasteiger partial charge in [-0.05, 0) is 40.0 Å². The Bertz CT molecular complexity index is 359. The maximum absolute atomic E-state index is 11.9. The molecule has 98 valence electrons. The van der Waals surface area contributed by atoms with Gasteiger partial charge in [-0.25, -0.2) is 0 Å². The van der Waals surface area contributed by atoms with Crippen molar-refractivity contribution in [1.82, 2.24) is 10.2 Å². The zero-order valence-corrected chi connectivity index (χ0v) is 13.4. The van der Waals surface area contributed by atoms with Gasteiger partial charge in [0.15, 0.2) is 0 Å². The van der Waals surface area contributed by atoms with Crippen molar-refractivity contribution in [2.45, 2.75) is 13.5 Å². The number of carbonyl (C=O) groups is 1. The number of carbonyl (C=O) groups excluding carboxylic acids is 1. The van der Waals surface area contributed by atoms with E-state index in [4.69, 9.17) is 0 Å². The molecule has 1 atom stereocenters. The molecule has 1 N–H and O–H groups in total. The van der Waals surface area contributed by atoms with Crippen molar-refractivity contribution in [3.8, 4) is 0 Å². The van der Waals surface area contributed by atoms with Crippen molar-refractivity contribution in [2.75, 3.05) is 20.6 Å². The van der Waals surface area contributed by atoms with E-state index in [0.29, 0.717) is 6.54 Å². The molecule has 1 amide bonds. The minimum absolute atomic E-state index is 0. The van der Waals surface area contributed by atoms with Crippen LogP contribution in [0.1, 0.15) is 12.5 Å². The van der Waals surface area contributed by atoms with Gasteiger partial charge < -0.3 is 10.2 Å². The van der Waals surface area contributed by atoms with E-state index in [0.717, 1.165) is 10.3 Å². The van der Waals surface area contributed by atoms with Gasteiger partial charge in [0.05, 0.1) is 3.79 Å². The molecule has 0 saturated carbocycles. The number of nitrogens with one attached hydrogen (secondary N) is 1. The highest BCUT2D eigenvalue weighted by Crippen LogP contribution is 2.21. The summed E-state index contributed by atoms with van der Waals surface area (Å²) in [6.45, 7) is 3.34. The molecule has 3 nitrogen and oxygen atoms in total. The predicted molar refractivity (Wildman–Crippen MR) is 78.8 cm³/mol. The zero-order valence-electron chi connectivity index (χ0n) is 10.2. The molecule has 0 aromatic carbocycles. The number of halogens is 2. The molecule has 0 bridgehead atoms. The average Bonchev–Trinajstić information content (AvgIpc) is 2.63. The second kappa shape index (κ2) is 8.08. The smallest absolute Gasteiger partial charge is 0.226 e. The SMILES string of the molecule is CNCC(C)C(=O)N(C)Cc1csc(Br)c1.Cl. The maximum Gasteiger partial charge on any atom is 0.226 e. The van der Waals surface area contributed by atoms with E-state index in [1.54, 1.807) is 16.2 Å². The van der Waals surface area contributed by atoms with E-state index in [1.165, 1.54) is 5.56 Å². The van der Waals surface area contributed by atoms with E-state index in [2.05, 4.69) is 32.7 Å². The Balaban J connectivity index is 0.00000256. The summed E-state index contributed by atoms with van der Waals surface area (Å²) in [6, 6.07) is 2.05. The molecule has 6 heteroatoms. The summed E-state index contributed by atoms with van der Waals surface area (Å²) < 4.78 is 1.10. The van der Waals surface area contributed by atoms with Gasteiger partial charge in [0.25, 0.3) is 0 Å². The van der Waals surface area contributed by atoms with E-state index in [-0.39, 0.29) is 24.2 Å². The molecule has 1 heterocycles. The van der Waals surface area contributed by atoms with Crippen molar-refractivity contribution in [3.05, 3.63) is 20.8 Å². The molecule has 1 unspecified atom stereocenters. The number of amides is 1. The Hall–Kier alpha value is -0.100. The molecule has 1 rings (SSSR count). The van der Waals surface area contributed by atoms with Crippen molar-refractivity contribution in [2.24, 2.45) is 5.92 Å². The van der Waals surface area contributed by atoms with Crippen LogP contribution in [0.4, 0.5) is 0 Å². The fraction of sp³-hybridized carbons (Fsp3) is 0.545. The fourth-order valence-corrected chi connectivity index (χ4v) is 2.75. The van der Waals surface area contributed by atoms with Gasteiger partial charge in [-0.3, -0.25) is 4.79 Å². The Kier molecular flexibility index (Phi) is 8.03.